The molecule has 0 fully saturated rings. The number of benzene rings is 6. The van der Waals surface area contributed by atoms with Crippen LogP contribution < -0.4 is 0 Å². The van der Waals surface area contributed by atoms with Crippen LogP contribution in [0.3, 0.4) is 0 Å². The van der Waals surface area contributed by atoms with Crippen LogP contribution in [0.15, 0.2) is 152 Å². The van der Waals surface area contributed by atoms with E-state index in [1.165, 1.54) is 43.0 Å². The van der Waals surface area contributed by atoms with E-state index in [1.54, 1.807) is 11.3 Å². The highest BCUT2D eigenvalue weighted by Crippen LogP contribution is 2.46. The molecule has 0 bridgehead atoms. The van der Waals surface area contributed by atoms with Crippen molar-refractivity contribution in [1.82, 2.24) is 14.5 Å². The first-order valence-electron chi connectivity index (χ1n) is 14.8. The van der Waals surface area contributed by atoms with E-state index in [0.717, 1.165) is 38.5 Å². The van der Waals surface area contributed by atoms with Crippen molar-refractivity contribution in [3.63, 3.8) is 0 Å². The van der Waals surface area contributed by atoms with Gasteiger partial charge in [-0.2, -0.15) is 0 Å². The van der Waals surface area contributed by atoms with E-state index in [-0.39, 0.29) is 0 Å². The Morgan fingerprint density at radius 3 is 1.80 bits per heavy atom. The molecule has 0 saturated heterocycles. The van der Waals surface area contributed by atoms with Crippen LogP contribution in [0, 0.1) is 0 Å². The minimum Gasteiger partial charge on any atom is -0.309 e. The first kappa shape index (κ1) is 25.0. The molecule has 3 nitrogen and oxygen atoms in total. The van der Waals surface area contributed by atoms with Crippen LogP contribution in [0.4, 0.5) is 0 Å². The van der Waals surface area contributed by atoms with Gasteiger partial charge in [-0.25, -0.2) is 9.97 Å². The van der Waals surface area contributed by atoms with Gasteiger partial charge in [0.05, 0.1) is 16.7 Å². The van der Waals surface area contributed by atoms with Crippen LogP contribution in [-0.2, 0) is 0 Å². The fourth-order valence-electron chi connectivity index (χ4n) is 6.45. The molecule has 0 aliphatic heterocycles. The number of fused-ring (bicyclic) bond motifs is 7. The Morgan fingerprint density at radius 2 is 1.05 bits per heavy atom. The van der Waals surface area contributed by atoms with Crippen molar-refractivity contribution in [3.05, 3.63) is 152 Å². The zero-order chi connectivity index (χ0) is 29.0. The van der Waals surface area contributed by atoms with Gasteiger partial charge < -0.3 is 4.57 Å². The molecule has 3 aromatic heterocycles. The molecule has 3 heterocycles. The minimum absolute atomic E-state index is 0.741. The van der Waals surface area contributed by atoms with Crippen molar-refractivity contribution in [3.8, 4) is 39.5 Å². The molecule has 0 atom stereocenters. The molecule has 6 aromatic carbocycles. The van der Waals surface area contributed by atoms with Crippen LogP contribution in [0.25, 0.3) is 81.6 Å². The van der Waals surface area contributed by atoms with E-state index in [9.17, 15) is 0 Å². The maximum absolute atomic E-state index is 5.31. The second-order valence-electron chi connectivity index (χ2n) is 11.0. The van der Waals surface area contributed by atoms with Crippen molar-refractivity contribution in [1.29, 1.82) is 0 Å². The van der Waals surface area contributed by atoms with Crippen molar-refractivity contribution in [2.45, 2.75) is 0 Å². The predicted molar refractivity (Wildman–Crippen MR) is 186 cm³/mol. The SMILES string of the molecule is c1ccc(-c2ccc(-c3nc(-c4ccccc4)c4c(n3)sc3ccc5c(c6ccccc6n5-c5ccccc5)c34)cc2)cc1. The summed E-state index contributed by atoms with van der Waals surface area (Å²) in [6.45, 7) is 0. The van der Waals surface area contributed by atoms with Crippen LogP contribution in [0.5, 0.6) is 0 Å². The van der Waals surface area contributed by atoms with E-state index in [1.807, 2.05) is 6.07 Å². The van der Waals surface area contributed by atoms with E-state index in [2.05, 4.69) is 150 Å². The average Bonchev–Trinajstić information content (AvgIpc) is 3.65. The number of thiophene rings is 1. The molecule has 0 unspecified atom stereocenters. The number of hydrogen-bond acceptors (Lipinski definition) is 3. The third-order valence-corrected chi connectivity index (χ3v) is 9.49. The van der Waals surface area contributed by atoms with Crippen molar-refractivity contribution >= 4 is 53.4 Å². The maximum Gasteiger partial charge on any atom is 0.161 e. The van der Waals surface area contributed by atoms with Gasteiger partial charge in [0.25, 0.3) is 0 Å². The molecule has 0 aliphatic rings. The predicted octanol–water partition coefficient (Wildman–Crippen LogP) is 10.9. The summed E-state index contributed by atoms with van der Waals surface area (Å²) in [6, 6.07) is 53.4. The second-order valence-corrected chi connectivity index (χ2v) is 12.0. The monoisotopic (exact) mass is 579 g/mol. The highest BCUT2D eigenvalue weighted by Gasteiger charge is 2.22. The summed E-state index contributed by atoms with van der Waals surface area (Å²) in [5, 5.41) is 4.81. The first-order valence-corrected chi connectivity index (χ1v) is 15.6. The smallest absolute Gasteiger partial charge is 0.161 e. The van der Waals surface area contributed by atoms with Gasteiger partial charge in [0.15, 0.2) is 5.82 Å². The van der Waals surface area contributed by atoms with Crippen molar-refractivity contribution < 1.29 is 0 Å². The Balaban J connectivity index is 1.35. The highest BCUT2D eigenvalue weighted by molar-refractivity contribution is 7.25. The molecular weight excluding hydrogens is 555 g/mol. The number of nitrogens with zero attached hydrogens (tertiary/aromatic N) is 3. The Kier molecular flexibility index (Phi) is 5.68. The molecule has 206 valence electrons. The Bertz CT molecular complexity index is 2460. The molecule has 9 rings (SSSR count). The lowest BCUT2D eigenvalue weighted by molar-refractivity contribution is 1.18. The molecule has 9 aromatic rings. The van der Waals surface area contributed by atoms with Gasteiger partial charge in [-0.3, -0.25) is 0 Å². The minimum atomic E-state index is 0.741. The number of hydrogen-bond donors (Lipinski definition) is 0. The fourth-order valence-corrected chi connectivity index (χ4v) is 7.53. The normalized spacial score (nSPS) is 11.6. The third-order valence-electron chi connectivity index (χ3n) is 8.44. The highest BCUT2D eigenvalue weighted by atomic mass is 32.1. The van der Waals surface area contributed by atoms with E-state index < -0.39 is 0 Å². The van der Waals surface area contributed by atoms with Crippen LogP contribution >= 0.6 is 11.3 Å². The van der Waals surface area contributed by atoms with Gasteiger partial charge in [0.2, 0.25) is 0 Å². The summed E-state index contributed by atoms with van der Waals surface area (Å²) in [7, 11) is 0. The number of rotatable bonds is 4. The first-order chi connectivity index (χ1) is 21.8. The van der Waals surface area contributed by atoms with Crippen LogP contribution in [0.1, 0.15) is 0 Å². The molecule has 0 amide bonds. The summed E-state index contributed by atoms with van der Waals surface area (Å²) < 4.78 is 3.59. The molecular formula is C40H25N3S. The summed E-state index contributed by atoms with van der Waals surface area (Å²) in [6.07, 6.45) is 0. The fraction of sp³-hybridized carbons (Fsp3) is 0. The maximum atomic E-state index is 5.31. The molecule has 4 heteroatoms. The molecule has 44 heavy (non-hydrogen) atoms. The van der Waals surface area contributed by atoms with Gasteiger partial charge in [-0.15, -0.1) is 11.3 Å². The molecule has 0 radical (unpaired) electrons. The quantitative estimate of drug-likeness (QED) is 0.208. The number of aromatic nitrogens is 3. The standard InChI is InChI=1S/C40H25N3S/c1-4-12-26(13-5-1)27-20-22-29(23-21-27)39-41-38(28-14-6-2-7-15-28)37-36-34(44-40(37)42-39)25-24-33-35(36)31-18-10-11-19-32(31)43(33)30-16-8-3-9-17-30/h1-25H. The molecule has 0 spiro atoms. The average molecular weight is 580 g/mol. The zero-order valence-electron chi connectivity index (χ0n) is 23.7. The lowest BCUT2D eigenvalue weighted by atomic mass is 10.0. The largest absolute Gasteiger partial charge is 0.309 e. The number of para-hydroxylation sites is 2. The molecule has 0 aliphatic carbocycles. The Labute approximate surface area is 258 Å². The molecule has 0 saturated carbocycles. The Morgan fingerprint density at radius 1 is 0.432 bits per heavy atom. The lowest BCUT2D eigenvalue weighted by Gasteiger charge is -2.09. The van der Waals surface area contributed by atoms with Gasteiger partial charge in [0.1, 0.15) is 4.83 Å². The van der Waals surface area contributed by atoms with Gasteiger partial charge in [-0.05, 0) is 41.5 Å². The van der Waals surface area contributed by atoms with Gasteiger partial charge in [-0.1, -0.05) is 121 Å². The van der Waals surface area contributed by atoms with Gasteiger partial charge in [0, 0.05) is 43.1 Å². The van der Waals surface area contributed by atoms with E-state index >= 15 is 0 Å². The topological polar surface area (TPSA) is 30.7 Å². The summed E-state index contributed by atoms with van der Waals surface area (Å²) in [5.74, 6) is 0.741. The van der Waals surface area contributed by atoms with Crippen molar-refractivity contribution in [2.24, 2.45) is 0 Å². The summed E-state index contributed by atoms with van der Waals surface area (Å²) in [5.41, 5.74) is 8.97. The van der Waals surface area contributed by atoms with Crippen molar-refractivity contribution in [2.75, 3.05) is 0 Å². The van der Waals surface area contributed by atoms with E-state index in [4.69, 9.17) is 9.97 Å². The van der Waals surface area contributed by atoms with Crippen LogP contribution in [-0.4, -0.2) is 14.5 Å². The third kappa shape index (κ3) is 3.89. The molecule has 0 N–H and O–H groups in total. The van der Waals surface area contributed by atoms with E-state index in [0.29, 0.717) is 0 Å². The summed E-state index contributed by atoms with van der Waals surface area (Å²) in [4.78, 5) is 11.5. The second kappa shape index (κ2) is 10.0. The van der Waals surface area contributed by atoms with Crippen LogP contribution in [0.2, 0.25) is 0 Å². The zero-order valence-corrected chi connectivity index (χ0v) is 24.5. The van der Waals surface area contributed by atoms with Gasteiger partial charge >= 0.3 is 0 Å². The summed E-state index contributed by atoms with van der Waals surface area (Å²) >= 11 is 1.75. The lowest BCUT2D eigenvalue weighted by Crippen LogP contribution is -1.94. The Hall–Kier alpha value is -5.58.